The standard InChI is InChI=1S/C22H26N2O3S2/c1-16-7-4-5-13-24(16)29(26,27)18-9-6-8-17(15-18)22(25)23-20-12-14-28-21-11-3-2-10-19(20)21/h2-3,6,8-11,15-16,20H,4-5,7,12-14H2,1H3,(H,23,25). The molecular weight excluding hydrogens is 404 g/mol. The molecule has 2 aliphatic rings. The minimum Gasteiger partial charge on any atom is -0.345 e. The SMILES string of the molecule is CC1CCCCN1S(=O)(=O)c1cccc(C(=O)NC2CCSc3ccccc32)c1. The zero-order valence-corrected chi connectivity index (χ0v) is 18.1. The van der Waals surface area contributed by atoms with Gasteiger partial charge in [-0.1, -0.05) is 30.7 Å². The Hall–Kier alpha value is -1.83. The number of fused-ring (bicyclic) bond motifs is 1. The number of hydrogen-bond acceptors (Lipinski definition) is 4. The first-order valence-electron chi connectivity index (χ1n) is 10.1. The molecule has 0 aromatic heterocycles. The summed E-state index contributed by atoms with van der Waals surface area (Å²) < 4.78 is 27.8. The van der Waals surface area contributed by atoms with Crippen molar-refractivity contribution in [2.45, 2.75) is 54.5 Å². The molecule has 4 rings (SSSR count). The van der Waals surface area contributed by atoms with E-state index in [9.17, 15) is 13.2 Å². The van der Waals surface area contributed by atoms with Gasteiger partial charge >= 0.3 is 0 Å². The van der Waals surface area contributed by atoms with E-state index in [0.717, 1.165) is 37.0 Å². The molecule has 2 aromatic carbocycles. The van der Waals surface area contributed by atoms with Gasteiger partial charge in [-0.3, -0.25) is 4.79 Å². The molecule has 0 aliphatic carbocycles. The molecule has 29 heavy (non-hydrogen) atoms. The highest BCUT2D eigenvalue weighted by Crippen LogP contribution is 2.36. The van der Waals surface area contributed by atoms with Crippen LogP contribution in [-0.4, -0.2) is 37.0 Å². The molecule has 2 heterocycles. The smallest absolute Gasteiger partial charge is 0.251 e. The molecule has 154 valence electrons. The van der Waals surface area contributed by atoms with E-state index < -0.39 is 10.0 Å². The molecule has 2 unspecified atom stereocenters. The average Bonchev–Trinajstić information content (AvgIpc) is 2.74. The molecule has 5 nitrogen and oxygen atoms in total. The highest BCUT2D eigenvalue weighted by atomic mass is 32.2. The average molecular weight is 431 g/mol. The molecule has 0 saturated carbocycles. The second-order valence-corrected chi connectivity index (χ2v) is 10.7. The van der Waals surface area contributed by atoms with Gasteiger partial charge < -0.3 is 5.32 Å². The van der Waals surface area contributed by atoms with Crippen LogP contribution in [-0.2, 0) is 10.0 Å². The van der Waals surface area contributed by atoms with E-state index in [-0.39, 0.29) is 22.9 Å². The first kappa shape index (κ1) is 20.4. The van der Waals surface area contributed by atoms with Crippen LogP contribution in [0.4, 0.5) is 0 Å². The summed E-state index contributed by atoms with van der Waals surface area (Å²) in [6.45, 7) is 2.49. The maximum absolute atomic E-state index is 13.1. The summed E-state index contributed by atoms with van der Waals surface area (Å²) in [5.74, 6) is 0.712. The molecule has 1 N–H and O–H groups in total. The first-order valence-corrected chi connectivity index (χ1v) is 12.5. The van der Waals surface area contributed by atoms with Crippen molar-refractivity contribution >= 4 is 27.7 Å². The number of sulfonamides is 1. The Bertz CT molecular complexity index is 1010. The summed E-state index contributed by atoms with van der Waals surface area (Å²) in [6.07, 6.45) is 3.66. The van der Waals surface area contributed by atoms with E-state index in [2.05, 4.69) is 11.4 Å². The van der Waals surface area contributed by atoms with Crippen LogP contribution in [0.15, 0.2) is 58.3 Å². The Kier molecular flexibility index (Phi) is 5.99. The van der Waals surface area contributed by atoms with E-state index in [4.69, 9.17) is 0 Å². The van der Waals surface area contributed by atoms with Gasteiger partial charge in [0.2, 0.25) is 10.0 Å². The van der Waals surface area contributed by atoms with Crippen molar-refractivity contribution in [1.29, 1.82) is 0 Å². The monoisotopic (exact) mass is 430 g/mol. The van der Waals surface area contributed by atoms with Crippen molar-refractivity contribution in [3.05, 3.63) is 59.7 Å². The number of piperidine rings is 1. The maximum atomic E-state index is 13.1. The zero-order chi connectivity index (χ0) is 20.4. The Morgan fingerprint density at radius 2 is 1.93 bits per heavy atom. The van der Waals surface area contributed by atoms with Gasteiger partial charge in [-0.25, -0.2) is 8.42 Å². The van der Waals surface area contributed by atoms with Crippen LogP contribution in [0, 0.1) is 0 Å². The van der Waals surface area contributed by atoms with Crippen LogP contribution in [0.2, 0.25) is 0 Å². The topological polar surface area (TPSA) is 66.5 Å². The molecule has 1 saturated heterocycles. The predicted octanol–water partition coefficient (Wildman–Crippen LogP) is 4.22. The van der Waals surface area contributed by atoms with Crippen LogP contribution in [0.25, 0.3) is 0 Å². The second-order valence-electron chi connectivity index (χ2n) is 7.69. The number of nitrogens with one attached hydrogen (secondary N) is 1. The lowest BCUT2D eigenvalue weighted by atomic mass is 10.0. The number of amides is 1. The Morgan fingerprint density at radius 3 is 2.76 bits per heavy atom. The Morgan fingerprint density at radius 1 is 1.10 bits per heavy atom. The molecule has 2 aliphatic heterocycles. The lowest BCUT2D eigenvalue weighted by Crippen LogP contribution is -2.42. The third kappa shape index (κ3) is 4.22. The minimum absolute atomic E-state index is 0.0116. The number of nitrogens with zero attached hydrogens (tertiary/aromatic N) is 1. The highest BCUT2D eigenvalue weighted by molar-refractivity contribution is 7.99. The fraction of sp³-hybridized carbons (Fsp3) is 0.409. The van der Waals surface area contributed by atoms with Gasteiger partial charge in [-0.05, 0) is 56.0 Å². The second kappa shape index (κ2) is 8.50. The molecule has 7 heteroatoms. The summed E-state index contributed by atoms with van der Waals surface area (Å²) >= 11 is 1.80. The van der Waals surface area contributed by atoms with Gasteiger partial charge in [0.15, 0.2) is 0 Å². The summed E-state index contributed by atoms with van der Waals surface area (Å²) in [5, 5.41) is 3.10. The van der Waals surface area contributed by atoms with Crippen molar-refractivity contribution in [2.24, 2.45) is 0 Å². The number of rotatable bonds is 4. The number of benzene rings is 2. The van der Waals surface area contributed by atoms with Gasteiger partial charge in [-0.15, -0.1) is 11.8 Å². The van der Waals surface area contributed by atoms with Crippen molar-refractivity contribution in [2.75, 3.05) is 12.3 Å². The zero-order valence-electron chi connectivity index (χ0n) is 16.5. The fourth-order valence-electron chi connectivity index (χ4n) is 4.10. The molecule has 1 amide bonds. The van der Waals surface area contributed by atoms with E-state index in [0.29, 0.717) is 12.1 Å². The van der Waals surface area contributed by atoms with Crippen LogP contribution in [0.3, 0.4) is 0 Å². The maximum Gasteiger partial charge on any atom is 0.251 e. The normalized spacial score (nSPS) is 22.7. The molecule has 2 aromatic rings. The van der Waals surface area contributed by atoms with Crippen molar-refractivity contribution in [3.8, 4) is 0 Å². The third-order valence-electron chi connectivity index (χ3n) is 5.71. The van der Waals surface area contributed by atoms with Crippen LogP contribution in [0.5, 0.6) is 0 Å². The number of carbonyl (C=O) groups is 1. The van der Waals surface area contributed by atoms with E-state index in [1.54, 1.807) is 34.3 Å². The van der Waals surface area contributed by atoms with Crippen LogP contribution in [0.1, 0.15) is 54.6 Å². The predicted molar refractivity (Wildman–Crippen MR) is 116 cm³/mol. The van der Waals surface area contributed by atoms with Gasteiger partial charge in [0.05, 0.1) is 10.9 Å². The minimum atomic E-state index is -3.60. The molecule has 0 radical (unpaired) electrons. The largest absolute Gasteiger partial charge is 0.345 e. The molecular formula is C22H26N2O3S2. The lowest BCUT2D eigenvalue weighted by Gasteiger charge is -2.32. The van der Waals surface area contributed by atoms with Gasteiger partial charge in [0.1, 0.15) is 0 Å². The van der Waals surface area contributed by atoms with Crippen molar-refractivity contribution < 1.29 is 13.2 Å². The molecule has 1 fully saturated rings. The van der Waals surface area contributed by atoms with E-state index in [1.807, 2.05) is 25.1 Å². The van der Waals surface area contributed by atoms with Gasteiger partial charge in [0.25, 0.3) is 5.91 Å². The lowest BCUT2D eigenvalue weighted by molar-refractivity contribution is 0.0934. The van der Waals surface area contributed by atoms with E-state index in [1.165, 1.54) is 11.0 Å². The first-order chi connectivity index (χ1) is 14.0. The Balaban J connectivity index is 1.55. The Labute approximate surface area is 176 Å². The number of thioether (sulfide) groups is 1. The quantitative estimate of drug-likeness (QED) is 0.789. The van der Waals surface area contributed by atoms with Gasteiger partial charge in [0, 0.05) is 28.8 Å². The number of hydrogen-bond donors (Lipinski definition) is 1. The fourth-order valence-corrected chi connectivity index (χ4v) is 6.97. The van der Waals surface area contributed by atoms with Gasteiger partial charge in [-0.2, -0.15) is 4.31 Å². The summed E-state index contributed by atoms with van der Waals surface area (Å²) in [4.78, 5) is 14.3. The van der Waals surface area contributed by atoms with E-state index >= 15 is 0 Å². The summed E-state index contributed by atoms with van der Waals surface area (Å²) in [7, 11) is -3.60. The third-order valence-corrected chi connectivity index (χ3v) is 8.84. The van der Waals surface area contributed by atoms with Crippen molar-refractivity contribution in [3.63, 3.8) is 0 Å². The molecule has 0 bridgehead atoms. The highest BCUT2D eigenvalue weighted by Gasteiger charge is 2.31. The summed E-state index contributed by atoms with van der Waals surface area (Å²) in [6, 6.07) is 14.5. The number of carbonyl (C=O) groups excluding carboxylic acids is 1. The van der Waals surface area contributed by atoms with Crippen molar-refractivity contribution in [1.82, 2.24) is 9.62 Å². The van der Waals surface area contributed by atoms with Crippen LogP contribution < -0.4 is 5.32 Å². The molecule has 2 atom stereocenters. The summed E-state index contributed by atoms with van der Waals surface area (Å²) in [5.41, 5.74) is 1.51. The van der Waals surface area contributed by atoms with Crippen LogP contribution >= 0.6 is 11.8 Å². The molecule has 0 spiro atoms.